The second-order valence-corrected chi connectivity index (χ2v) is 12.9. The lowest BCUT2D eigenvalue weighted by Crippen LogP contribution is -2.11. The van der Waals surface area contributed by atoms with Gasteiger partial charge in [0.25, 0.3) is 0 Å². The zero-order chi connectivity index (χ0) is 33.0. The molecule has 1 aromatic heterocycles. The Labute approximate surface area is 290 Å². The fourth-order valence-corrected chi connectivity index (χ4v) is 7.62. The van der Waals surface area contributed by atoms with Crippen LogP contribution in [0.4, 0.5) is 17.1 Å². The molecule has 0 saturated carbocycles. The fraction of sp³-hybridized carbons (Fsp3) is 0. The zero-order valence-corrected chi connectivity index (χ0v) is 27.3. The van der Waals surface area contributed by atoms with Crippen molar-refractivity contribution < 1.29 is 4.42 Å². The summed E-state index contributed by atoms with van der Waals surface area (Å²) in [7, 11) is 0. The van der Waals surface area contributed by atoms with Gasteiger partial charge in [0.05, 0.1) is 5.69 Å². The van der Waals surface area contributed by atoms with Gasteiger partial charge in [-0.3, -0.25) is 0 Å². The zero-order valence-electron chi connectivity index (χ0n) is 27.3. The van der Waals surface area contributed by atoms with E-state index in [4.69, 9.17) is 4.42 Å². The molecule has 0 atom stereocenters. The Kier molecular flexibility index (Phi) is 6.53. The predicted molar refractivity (Wildman–Crippen MR) is 212 cm³/mol. The van der Waals surface area contributed by atoms with Gasteiger partial charge in [-0.05, 0) is 97.5 Å². The minimum absolute atomic E-state index is 0.868. The molecular weight excluding hydrogens is 607 g/mol. The van der Waals surface area contributed by atoms with Crippen molar-refractivity contribution in [2.75, 3.05) is 4.90 Å². The Morgan fingerprint density at radius 2 is 0.920 bits per heavy atom. The lowest BCUT2D eigenvalue weighted by atomic mass is 9.92. The highest BCUT2D eigenvalue weighted by Crippen LogP contribution is 2.45. The van der Waals surface area contributed by atoms with Crippen molar-refractivity contribution >= 4 is 71.3 Å². The van der Waals surface area contributed by atoms with Gasteiger partial charge in [-0.2, -0.15) is 0 Å². The molecule has 0 aliphatic carbocycles. The van der Waals surface area contributed by atoms with E-state index in [9.17, 15) is 0 Å². The highest BCUT2D eigenvalue weighted by atomic mass is 16.3. The summed E-state index contributed by atoms with van der Waals surface area (Å²) >= 11 is 0. The van der Waals surface area contributed by atoms with E-state index >= 15 is 0 Å². The summed E-state index contributed by atoms with van der Waals surface area (Å²) in [6, 6.07) is 67.5. The molecule has 0 radical (unpaired) electrons. The molecule has 0 N–H and O–H groups in total. The minimum Gasteiger partial charge on any atom is -0.456 e. The van der Waals surface area contributed by atoms with E-state index < -0.39 is 0 Å². The molecule has 10 rings (SSSR count). The van der Waals surface area contributed by atoms with Crippen LogP contribution in [-0.2, 0) is 0 Å². The average molecular weight is 638 g/mol. The number of para-hydroxylation sites is 1. The summed E-state index contributed by atoms with van der Waals surface area (Å²) in [5.74, 6) is 0. The Hall–Kier alpha value is -6.64. The van der Waals surface area contributed by atoms with Gasteiger partial charge in [0.2, 0.25) is 0 Å². The van der Waals surface area contributed by atoms with Crippen LogP contribution < -0.4 is 4.90 Å². The van der Waals surface area contributed by atoms with Gasteiger partial charge in [0.1, 0.15) is 11.2 Å². The third-order valence-corrected chi connectivity index (χ3v) is 10.0. The van der Waals surface area contributed by atoms with Gasteiger partial charge >= 0.3 is 0 Å². The van der Waals surface area contributed by atoms with E-state index in [1.165, 1.54) is 49.0 Å². The van der Waals surface area contributed by atoms with Gasteiger partial charge < -0.3 is 9.32 Å². The van der Waals surface area contributed by atoms with Gasteiger partial charge in [0.15, 0.2) is 0 Å². The van der Waals surface area contributed by atoms with E-state index in [1.54, 1.807) is 0 Å². The lowest BCUT2D eigenvalue weighted by molar-refractivity contribution is 0.669. The number of nitrogens with zero attached hydrogens (tertiary/aromatic N) is 1. The first-order valence-corrected chi connectivity index (χ1v) is 17.1. The Bertz CT molecular complexity index is 2870. The Balaban J connectivity index is 1.20. The molecule has 2 heteroatoms. The first kappa shape index (κ1) is 28.4. The van der Waals surface area contributed by atoms with Crippen LogP contribution in [0.3, 0.4) is 0 Å². The topological polar surface area (TPSA) is 16.4 Å². The average Bonchev–Trinajstić information content (AvgIpc) is 3.54. The van der Waals surface area contributed by atoms with Crippen LogP contribution in [0.5, 0.6) is 0 Å². The van der Waals surface area contributed by atoms with E-state index in [-0.39, 0.29) is 0 Å². The maximum absolute atomic E-state index is 6.59. The van der Waals surface area contributed by atoms with Crippen LogP contribution in [-0.4, -0.2) is 0 Å². The number of hydrogen-bond donors (Lipinski definition) is 0. The number of benzene rings is 9. The molecule has 0 unspecified atom stereocenters. The molecule has 0 aliphatic heterocycles. The van der Waals surface area contributed by atoms with Crippen molar-refractivity contribution in [2.24, 2.45) is 0 Å². The molecule has 50 heavy (non-hydrogen) atoms. The summed E-state index contributed by atoms with van der Waals surface area (Å²) in [5, 5.41) is 9.61. The van der Waals surface area contributed by atoms with Crippen molar-refractivity contribution in [3.63, 3.8) is 0 Å². The molecule has 234 valence electrons. The predicted octanol–water partition coefficient (Wildman–Crippen LogP) is 13.8. The van der Waals surface area contributed by atoms with Gasteiger partial charge in [0, 0.05) is 33.8 Å². The monoisotopic (exact) mass is 637 g/mol. The highest BCUT2D eigenvalue weighted by molar-refractivity contribution is 6.15. The van der Waals surface area contributed by atoms with Crippen molar-refractivity contribution in [1.82, 2.24) is 0 Å². The standard InChI is InChI=1S/C48H31NO/c1-2-12-32(13-3-1)33-22-24-37(25-23-33)49(38-26-27-43-45-28-34-14-4-5-15-35(34)30-47(45)50-48(43)31-38)46-21-11-10-20-42(46)44-29-36-16-6-7-17-39(36)40-18-8-9-19-41(40)44/h1-31H. The van der Waals surface area contributed by atoms with E-state index in [2.05, 4.69) is 193 Å². The van der Waals surface area contributed by atoms with Crippen LogP contribution in [0.2, 0.25) is 0 Å². The van der Waals surface area contributed by atoms with Crippen molar-refractivity contribution in [2.45, 2.75) is 0 Å². The molecule has 0 saturated heterocycles. The minimum atomic E-state index is 0.868. The second-order valence-electron chi connectivity index (χ2n) is 12.9. The fourth-order valence-electron chi connectivity index (χ4n) is 7.62. The Morgan fingerprint density at radius 1 is 0.320 bits per heavy atom. The first-order valence-electron chi connectivity index (χ1n) is 17.1. The van der Waals surface area contributed by atoms with Crippen LogP contribution in [0, 0.1) is 0 Å². The molecule has 0 bridgehead atoms. The van der Waals surface area contributed by atoms with Gasteiger partial charge in [-0.1, -0.05) is 133 Å². The van der Waals surface area contributed by atoms with Crippen LogP contribution in [0.1, 0.15) is 0 Å². The Morgan fingerprint density at radius 3 is 1.74 bits per heavy atom. The maximum Gasteiger partial charge on any atom is 0.137 e. The summed E-state index contributed by atoms with van der Waals surface area (Å²) in [6.45, 7) is 0. The smallest absolute Gasteiger partial charge is 0.137 e. The third-order valence-electron chi connectivity index (χ3n) is 10.0. The first-order chi connectivity index (χ1) is 24.8. The number of hydrogen-bond acceptors (Lipinski definition) is 2. The molecule has 9 aromatic carbocycles. The quantitative estimate of drug-likeness (QED) is 0.175. The van der Waals surface area contributed by atoms with Crippen LogP contribution in [0.15, 0.2) is 192 Å². The van der Waals surface area contributed by atoms with Gasteiger partial charge in [-0.15, -0.1) is 0 Å². The van der Waals surface area contributed by atoms with Gasteiger partial charge in [-0.25, -0.2) is 0 Å². The van der Waals surface area contributed by atoms with E-state index in [1.807, 2.05) is 0 Å². The maximum atomic E-state index is 6.59. The molecule has 0 fully saturated rings. The SMILES string of the molecule is c1ccc(-c2ccc(N(c3ccc4c(c3)oc3cc5ccccc5cc34)c3ccccc3-c3cc4ccccc4c4ccccc34)cc2)cc1. The summed E-state index contributed by atoms with van der Waals surface area (Å²) in [4.78, 5) is 2.37. The second kappa shape index (κ2) is 11.5. The molecule has 1 heterocycles. The normalized spacial score (nSPS) is 11.6. The summed E-state index contributed by atoms with van der Waals surface area (Å²) < 4.78 is 6.59. The third kappa shape index (κ3) is 4.65. The number of rotatable bonds is 5. The van der Waals surface area contributed by atoms with Crippen LogP contribution >= 0.6 is 0 Å². The molecule has 0 spiro atoms. The highest BCUT2D eigenvalue weighted by Gasteiger charge is 2.21. The largest absolute Gasteiger partial charge is 0.456 e. The van der Waals surface area contributed by atoms with Crippen LogP contribution in [0.25, 0.3) is 76.5 Å². The lowest BCUT2D eigenvalue weighted by Gasteiger charge is -2.28. The van der Waals surface area contributed by atoms with Crippen molar-refractivity contribution in [3.8, 4) is 22.3 Å². The van der Waals surface area contributed by atoms with Crippen molar-refractivity contribution in [3.05, 3.63) is 188 Å². The van der Waals surface area contributed by atoms with Crippen molar-refractivity contribution in [1.29, 1.82) is 0 Å². The molecule has 2 nitrogen and oxygen atoms in total. The molecule has 10 aromatic rings. The molecule has 0 amide bonds. The van der Waals surface area contributed by atoms with E-state index in [0.29, 0.717) is 0 Å². The number of anilines is 3. The van der Waals surface area contributed by atoms with E-state index in [0.717, 1.165) is 44.6 Å². The molecular formula is C48H31NO. The number of fused-ring (bicyclic) bond motifs is 7. The molecule has 0 aliphatic rings. The summed E-state index contributed by atoms with van der Waals surface area (Å²) in [6.07, 6.45) is 0. The number of furan rings is 1. The summed E-state index contributed by atoms with van der Waals surface area (Å²) in [5.41, 5.74) is 9.73.